The van der Waals surface area contributed by atoms with Gasteiger partial charge in [-0.3, -0.25) is 14.2 Å². The second-order valence-corrected chi connectivity index (χ2v) is 5.44. The maximum absolute atomic E-state index is 12.2. The van der Waals surface area contributed by atoms with Gasteiger partial charge in [-0.1, -0.05) is 11.6 Å². The summed E-state index contributed by atoms with van der Waals surface area (Å²) in [4.78, 5) is 12.2. The average Bonchev–Trinajstić information content (AvgIpc) is 2.98. The van der Waals surface area contributed by atoms with E-state index in [1.165, 1.54) is 0 Å². The SMILES string of the molecule is CCn1cc(CNC(=O)C(C)n2cc(Cl)c(C)n2)c(C)n1. The zero-order chi connectivity index (χ0) is 15.6. The number of carbonyl (C=O) groups is 1. The van der Waals surface area contributed by atoms with Crippen LogP contribution in [0.15, 0.2) is 12.4 Å². The van der Waals surface area contributed by atoms with E-state index in [0.717, 1.165) is 23.5 Å². The molecule has 0 aliphatic carbocycles. The van der Waals surface area contributed by atoms with Gasteiger partial charge in [0.25, 0.3) is 0 Å². The highest BCUT2D eigenvalue weighted by Crippen LogP contribution is 2.16. The zero-order valence-corrected chi connectivity index (χ0v) is 13.5. The molecular formula is C14H20ClN5O. The summed E-state index contributed by atoms with van der Waals surface area (Å²) in [5.74, 6) is -0.0992. The maximum Gasteiger partial charge on any atom is 0.244 e. The Hall–Kier alpha value is -1.82. The molecule has 1 N–H and O–H groups in total. The van der Waals surface area contributed by atoms with Crippen LogP contribution in [0.2, 0.25) is 5.02 Å². The minimum Gasteiger partial charge on any atom is -0.350 e. The van der Waals surface area contributed by atoms with E-state index in [4.69, 9.17) is 11.6 Å². The van der Waals surface area contributed by atoms with Gasteiger partial charge < -0.3 is 5.32 Å². The number of halogens is 1. The molecule has 0 aliphatic heterocycles. The Morgan fingerprint density at radius 1 is 1.33 bits per heavy atom. The highest BCUT2D eigenvalue weighted by atomic mass is 35.5. The van der Waals surface area contributed by atoms with Crippen molar-refractivity contribution in [3.8, 4) is 0 Å². The molecule has 1 unspecified atom stereocenters. The van der Waals surface area contributed by atoms with Gasteiger partial charge >= 0.3 is 0 Å². The molecule has 6 nitrogen and oxygen atoms in total. The molecule has 0 aliphatic rings. The van der Waals surface area contributed by atoms with E-state index in [-0.39, 0.29) is 5.91 Å². The van der Waals surface area contributed by atoms with Crippen molar-refractivity contribution in [3.63, 3.8) is 0 Å². The molecule has 2 rings (SSSR count). The highest BCUT2D eigenvalue weighted by molar-refractivity contribution is 6.31. The Morgan fingerprint density at radius 3 is 2.57 bits per heavy atom. The van der Waals surface area contributed by atoms with Crippen molar-refractivity contribution < 1.29 is 4.79 Å². The van der Waals surface area contributed by atoms with Gasteiger partial charge in [-0.2, -0.15) is 10.2 Å². The molecule has 1 amide bonds. The molecule has 0 spiro atoms. The van der Waals surface area contributed by atoms with Crippen molar-refractivity contribution in [1.82, 2.24) is 24.9 Å². The smallest absolute Gasteiger partial charge is 0.244 e. The van der Waals surface area contributed by atoms with Crippen LogP contribution >= 0.6 is 11.6 Å². The van der Waals surface area contributed by atoms with Crippen LogP contribution < -0.4 is 5.32 Å². The average molecular weight is 310 g/mol. The van der Waals surface area contributed by atoms with Crippen LogP contribution in [-0.2, 0) is 17.9 Å². The van der Waals surface area contributed by atoms with Crippen LogP contribution in [0.1, 0.15) is 36.8 Å². The molecular weight excluding hydrogens is 290 g/mol. The molecule has 0 aromatic carbocycles. The minimum absolute atomic E-state index is 0.0992. The maximum atomic E-state index is 12.2. The van der Waals surface area contributed by atoms with Gasteiger partial charge in [0.2, 0.25) is 5.91 Å². The fourth-order valence-corrected chi connectivity index (χ4v) is 2.14. The number of aromatic nitrogens is 4. The summed E-state index contributed by atoms with van der Waals surface area (Å²) in [5.41, 5.74) is 2.67. The van der Waals surface area contributed by atoms with Gasteiger partial charge in [-0.15, -0.1) is 0 Å². The van der Waals surface area contributed by atoms with Crippen LogP contribution in [-0.4, -0.2) is 25.5 Å². The van der Waals surface area contributed by atoms with Gasteiger partial charge in [0.1, 0.15) is 6.04 Å². The van der Waals surface area contributed by atoms with Crippen molar-refractivity contribution in [1.29, 1.82) is 0 Å². The molecule has 2 aromatic heterocycles. The lowest BCUT2D eigenvalue weighted by molar-refractivity contribution is -0.124. The van der Waals surface area contributed by atoms with E-state index >= 15 is 0 Å². The first kappa shape index (κ1) is 15.6. The van der Waals surface area contributed by atoms with Crippen LogP contribution in [0.5, 0.6) is 0 Å². The molecule has 21 heavy (non-hydrogen) atoms. The summed E-state index contributed by atoms with van der Waals surface area (Å²) in [6, 6.07) is -0.405. The number of nitrogens with zero attached hydrogens (tertiary/aromatic N) is 4. The molecule has 0 saturated carbocycles. The molecule has 0 fully saturated rings. The molecule has 1 atom stereocenters. The monoisotopic (exact) mass is 309 g/mol. The zero-order valence-electron chi connectivity index (χ0n) is 12.7. The predicted octanol–water partition coefficient (Wildman–Crippen LogP) is 2.25. The van der Waals surface area contributed by atoms with E-state index in [1.807, 2.05) is 31.6 Å². The normalized spacial score (nSPS) is 12.4. The number of nitrogens with one attached hydrogen (secondary N) is 1. The summed E-state index contributed by atoms with van der Waals surface area (Å²) in [6.07, 6.45) is 3.62. The van der Waals surface area contributed by atoms with Crippen molar-refractivity contribution in [2.24, 2.45) is 0 Å². The first-order valence-corrected chi connectivity index (χ1v) is 7.32. The summed E-state index contributed by atoms with van der Waals surface area (Å²) in [5, 5.41) is 12.1. The Kier molecular flexibility index (Phi) is 4.67. The second-order valence-electron chi connectivity index (χ2n) is 5.03. The number of hydrogen-bond donors (Lipinski definition) is 1. The second kappa shape index (κ2) is 6.30. The van der Waals surface area contributed by atoms with E-state index in [9.17, 15) is 4.79 Å². The van der Waals surface area contributed by atoms with Gasteiger partial charge in [-0.25, -0.2) is 0 Å². The molecule has 0 bridgehead atoms. The van der Waals surface area contributed by atoms with Crippen molar-refractivity contribution in [3.05, 3.63) is 34.4 Å². The fraction of sp³-hybridized carbons (Fsp3) is 0.500. The van der Waals surface area contributed by atoms with E-state index < -0.39 is 6.04 Å². The summed E-state index contributed by atoms with van der Waals surface area (Å²) < 4.78 is 3.44. The van der Waals surface area contributed by atoms with Crippen LogP contribution in [0, 0.1) is 13.8 Å². The molecule has 2 heterocycles. The summed E-state index contributed by atoms with van der Waals surface area (Å²) in [7, 11) is 0. The Bertz CT molecular complexity index is 626. The van der Waals surface area contributed by atoms with Gasteiger partial charge in [-0.05, 0) is 27.7 Å². The lowest BCUT2D eigenvalue weighted by atomic mass is 10.2. The highest BCUT2D eigenvalue weighted by Gasteiger charge is 2.17. The molecule has 0 radical (unpaired) electrons. The van der Waals surface area contributed by atoms with E-state index in [2.05, 4.69) is 15.5 Å². The molecule has 2 aromatic rings. The quantitative estimate of drug-likeness (QED) is 0.921. The van der Waals surface area contributed by atoms with Gasteiger partial charge in [0.15, 0.2) is 0 Å². The topological polar surface area (TPSA) is 64.7 Å². The van der Waals surface area contributed by atoms with Crippen molar-refractivity contribution in [2.75, 3.05) is 0 Å². The van der Waals surface area contributed by atoms with Crippen molar-refractivity contribution in [2.45, 2.75) is 46.8 Å². The third-order valence-corrected chi connectivity index (χ3v) is 3.83. The number of aryl methyl sites for hydroxylation is 3. The van der Waals surface area contributed by atoms with Gasteiger partial charge in [0, 0.05) is 31.0 Å². The standard InChI is InChI=1S/C14H20ClN5O/c1-5-19-7-12(9(2)17-19)6-16-14(21)11(4)20-8-13(15)10(3)18-20/h7-8,11H,5-6H2,1-4H3,(H,16,21). The third kappa shape index (κ3) is 3.44. The first-order chi connectivity index (χ1) is 9.92. The van der Waals surface area contributed by atoms with Gasteiger partial charge in [0.05, 0.1) is 16.4 Å². The lowest BCUT2D eigenvalue weighted by Crippen LogP contribution is -2.31. The minimum atomic E-state index is -0.405. The summed E-state index contributed by atoms with van der Waals surface area (Å²) in [6.45, 7) is 8.85. The molecule has 0 saturated heterocycles. The number of carbonyl (C=O) groups excluding carboxylic acids is 1. The predicted molar refractivity (Wildman–Crippen MR) is 81.2 cm³/mol. The largest absolute Gasteiger partial charge is 0.350 e. The lowest BCUT2D eigenvalue weighted by Gasteiger charge is -2.12. The van der Waals surface area contributed by atoms with Crippen LogP contribution in [0.25, 0.3) is 0 Å². The molecule has 114 valence electrons. The molecule has 7 heteroatoms. The Morgan fingerprint density at radius 2 is 2.05 bits per heavy atom. The van der Waals surface area contributed by atoms with Crippen LogP contribution in [0.3, 0.4) is 0 Å². The first-order valence-electron chi connectivity index (χ1n) is 6.94. The van der Waals surface area contributed by atoms with Crippen LogP contribution in [0.4, 0.5) is 0 Å². The Labute approximate surface area is 129 Å². The number of rotatable bonds is 5. The van der Waals surface area contributed by atoms with E-state index in [1.54, 1.807) is 17.8 Å². The fourth-order valence-electron chi connectivity index (χ4n) is 2.00. The van der Waals surface area contributed by atoms with E-state index in [0.29, 0.717) is 11.6 Å². The number of hydrogen-bond acceptors (Lipinski definition) is 3. The van der Waals surface area contributed by atoms with Crippen molar-refractivity contribution >= 4 is 17.5 Å². The number of amides is 1. The third-order valence-electron chi connectivity index (χ3n) is 3.46. The Balaban J connectivity index is 1.99. The summed E-state index contributed by atoms with van der Waals surface area (Å²) >= 11 is 5.96.